The number of rotatable bonds is 5. The van der Waals surface area contributed by atoms with Gasteiger partial charge < -0.3 is 0 Å². The lowest BCUT2D eigenvalue weighted by Gasteiger charge is -2.39. The van der Waals surface area contributed by atoms with Gasteiger partial charge in [0.15, 0.2) is 0 Å². The Hall–Kier alpha value is -0.820. The van der Waals surface area contributed by atoms with Gasteiger partial charge in [-0.15, -0.1) is 0 Å². The van der Waals surface area contributed by atoms with Gasteiger partial charge >= 0.3 is 0 Å². The zero-order valence-electron chi connectivity index (χ0n) is 11.1. The van der Waals surface area contributed by atoms with E-state index in [9.17, 15) is 0 Å². The highest BCUT2D eigenvalue weighted by Crippen LogP contribution is 2.40. The predicted molar refractivity (Wildman–Crippen MR) is 75.0 cm³/mol. The number of hydrogen-bond donors (Lipinski definition) is 0. The summed E-state index contributed by atoms with van der Waals surface area (Å²) < 4.78 is 0. The van der Waals surface area contributed by atoms with E-state index in [1.165, 1.54) is 37.8 Å². The third-order valence-electron chi connectivity index (χ3n) is 4.17. The van der Waals surface area contributed by atoms with Crippen LogP contribution >= 0.6 is 0 Å². The van der Waals surface area contributed by atoms with E-state index in [2.05, 4.69) is 31.1 Å². The largest absolute Gasteiger partial charge is 0.296 e. The highest BCUT2D eigenvalue weighted by molar-refractivity contribution is 5.23. The van der Waals surface area contributed by atoms with E-state index in [0.29, 0.717) is 0 Å². The van der Waals surface area contributed by atoms with E-state index in [4.69, 9.17) is 0 Å². The minimum Gasteiger partial charge on any atom is -0.296 e. The summed E-state index contributed by atoms with van der Waals surface area (Å²) in [6.45, 7) is 12.4. The molecule has 17 heavy (non-hydrogen) atoms. The lowest BCUT2D eigenvalue weighted by atomic mass is 9.89. The molecule has 0 spiro atoms. The van der Waals surface area contributed by atoms with Gasteiger partial charge in [-0.1, -0.05) is 38.3 Å². The quantitative estimate of drug-likeness (QED) is 0.651. The van der Waals surface area contributed by atoms with Crippen LogP contribution in [0.2, 0.25) is 0 Å². The molecule has 1 heteroatoms. The number of allylic oxidation sites excluding steroid dienone is 2. The SMILES string of the molecule is C=C/C=C(\C=C)CN1CCC(C)CC1C1CC1. The van der Waals surface area contributed by atoms with E-state index >= 15 is 0 Å². The van der Waals surface area contributed by atoms with Crippen LogP contribution in [0.1, 0.15) is 32.6 Å². The van der Waals surface area contributed by atoms with Crippen molar-refractivity contribution in [2.24, 2.45) is 11.8 Å². The van der Waals surface area contributed by atoms with Crippen LogP contribution in [-0.2, 0) is 0 Å². The summed E-state index contributed by atoms with van der Waals surface area (Å²) >= 11 is 0. The molecule has 2 atom stereocenters. The first-order valence-electron chi connectivity index (χ1n) is 6.92. The van der Waals surface area contributed by atoms with Gasteiger partial charge in [0.05, 0.1) is 0 Å². The smallest absolute Gasteiger partial charge is 0.0236 e. The molecule has 0 radical (unpaired) electrons. The zero-order chi connectivity index (χ0) is 12.3. The summed E-state index contributed by atoms with van der Waals surface area (Å²) in [5.74, 6) is 1.89. The van der Waals surface area contributed by atoms with Crippen molar-refractivity contribution in [2.75, 3.05) is 13.1 Å². The summed E-state index contributed by atoms with van der Waals surface area (Å²) in [5.41, 5.74) is 1.31. The van der Waals surface area contributed by atoms with Crippen LogP contribution in [0.15, 0.2) is 37.0 Å². The monoisotopic (exact) mass is 231 g/mol. The van der Waals surface area contributed by atoms with Gasteiger partial charge in [0.1, 0.15) is 0 Å². The minimum absolute atomic E-state index is 0.826. The molecule has 1 nitrogen and oxygen atoms in total. The van der Waals surface area contributed by atoms with Crippen molar-refractivity contribution in [3.63, 3.8) is 0 Å². The predicted octanol–water partition coefficient (Wildman–Crippen LogP) is 3.80. The van der Waals surface area contributed by atoms with Crippen LogP contribution in [-0.4, -0.2) is 24.0 Å². The Kier molecular flexibility index (Phi) is 4.22. The molecule has 1 aliphatic heterocycles. The van der Waals surface area contributed by atoms with Crippen LogP contribution in [0.4, 0.5) is 0 Å². The third kappa shape index (κ3) is 3.32. The van der Waals surface area contributed by atoms with Crippen LogP contribution in [0, 0.1) is 11.8 Å². The average molecular weight is 231 g/mol. The zero-order valence-corrected chi connectivity index (χ0v) is 11.1. The maximum Gasteiger partial charge on any atom is 0.0236 e. The Morgan fingerprint density at radius 2 is 2.06 bits per heavy atom. The van der Waals surface area contributed by atoms with E-state index in [-0.39, 0.29) is 0 Å². The van der Waals surface area contributed by atoms with E-state index < -0.39 is 0 Å². The molecule has 0 amide bonds. The third-order valence-corrected chi connectivity index (χ3v) is 4.17. The molecular weight excluding hydrogens is 206 g/mol. The maximum atomic E-state index is 3.90. The molecule has 0 aromatic carbocycles. The normalized spacial score (nSPS) is 31.2. The fourth-order valence-electron chi connectivity index (χ4n) is 2.97. The molecule has 2 unspecified atom stereocenters. The minimum atomic E-state index is 0.826. The van der Waals surface area contributed by atoms with Crippen molar-refractivity contribution in [2.45, 2.75) is 38.6 Å². The molecule has 1 aliphatic carbocycles. The van der Waals surface area contributed by atoms with Gasteiger partial charge in [0, 0.05) is 12.6 Å². The topological polar surface area (TPSA) is 3.24 Å². The molecule has 1 heterocycles. The molecule has 2 fully saturated rings. The summed E-state index contributed by atoms with van der Waals surface area (Å²) in [7, 11) is 0. The van der Waals surface area contributed by atoms with Crippen LogP contribution in [0.5, 0.6) is 0 Å². The Morgan fingerprint density at radius 3 is 2.65 bits per heavy atom. The first kappa shape index (κ1) is 12.6. The van der Waals surface area contributed by atoms with Crippen LogP contribution in [0.25, 0.3) is 0 Å². The van der Waals surface area contributed by atoms with Gasteiger partial charge in [-0.3, -0.25) is 4.90 Å². The number of nitrogens with zero attached hydrogens (tertiary/aromatic N) is 1. The lowest BCUT2D eigenvalue weighted by Crippen LogP contribution is -2.44. The molecule has 0 aromatic rings. The summed E-state index contributed by atoms with van der Waals surface area (Å²) in [6, 6.07) is 0.826. The second-order valence-corrected chi connectivity index (χ2v) is 5.69. The molecular formula is C16H25N. The second-order valence-electron chi connectivity index (χ2n) is 5.69. The van der Waals surface area contributed by atoms with Crippen molar-refractivity contribution in [3.8, 4) is 0 Å². The highest BCUT2D eigenvalue weighted by Gasteiger charge is 2.38. The average Bonchev–Trinajstić information content (AvgIpc) is 3.14. The molecule has 0 aromatic heterocycles. The molecule has 0 bridgehead atoms. The molecule has 1 saturated heterocycles. The van der Waals surface area contributed by atoms with Crippen molar-refractivity contribution >= 4 is 0 Å². The first-order chi connectivity index (χ1) is 8.24. The van der Waals surface area contributed by atoms with Gasteiger partial charge in [0.2, 0.25) is 0 Å². The number of likely N-dealkylation sites (tertiary alicyclic amines) is 1. The summed E-state index contributed by atoms with van der Waals surface area (Å²) in [5, 5.41) is 0. The summed E-state index contributed by atoms with van der Waals surface area (Å²) in [4.78, 5) is 2.68. The fraction of sp³-hybridized carbons (Fsp3) is 0.625. The Balaban J connectivity index is 1.99. The van der Waals surface area contributed by atoms with Crippen molar-refractivity contribution in [1.29, 1.82) is 0 Å². The number of hydrogen-bond acceptors (Lipinski definition) is 1. The molecule has 2 aliphatic rings. The Bertz CT molecular complexity index is 311. The van der Waals surface area contributed by atoms with E-state index in [1.807, 2.05) is 12.2 Å². The van der Waals surface area contributed by atoms with Crippen LogP contribution < -0.4 is 0 Å². The van der Waals surface area contributed by atoms with Crippen molar-refractivity contribution < 1.29 is 0 Å². The van der Waals surface area contributed by atoms with Gasteiger partial charge in [0.25, 0.3) is 0 Å². The number of piperidine rings is 1. The van der Waals surface area contributed by atoms with E-state index in [1.54, 1.807) is 0 Å². The highest BCUT2D eigenvalue weighted by atomic mass is 15.2. The van der Waals surface area contributed by atoms with Gasteiger partial charge in [-0.25, -0.2) is 0 Å². The van der Waals surface area contributed by atoms with Crippen molar-refractivity contribution in [3.05, 3.63) is 37.0 Å². The second kappa shape index (κ2) is 5.68. The molecule has 94 valence electrons. The molecule has 2 rings (SSSR count). The molecule has 1 saturated carbocycles. The maximum absolute atomic E-state index is 3.90. The first-order valence-corrected chi connectivity index (χ1v) is 6.92. The Labute approximate surface area is 106 Å². The van der Waals surface area contributed by atoms with E-state index in [0.717, 1.165) is 24.4 Å². The van der Waals surface area contributed by atoms with Gasteiger partial charge in [-0.05, 0) is 49.6 Å². The van der Waals surface area contributed by atoms with Gasteiger partial charge in [-0.2, -0.15) is 0 Å². The lowest BCUT2D eigenvalue weighted by molar-refractivity contribution is 0.113. The van der Waals surface area contributed by atoms with Crippen molar-refractivity contribution in [1.82, 2.24) is 4.90 Å². The van der Waals surface area contributed by atoms with Crippen LogP contribution in [0.3, 0.4) is 0 Å². The molecule has 0 N–H and O–H groups in total. The summed E-state index contributed by atoms with van der Waals surface area (Å²) in [6.07, 6.45) is 11.6. The fourth-order valence-corrected chi connectivity index (χ4v) is 2.97. The standard InChI is InChI=1S/C16H25N/c1-4-6-14(5-2)12-17-10-9-13(3)11-16(17)15-7-8-15/h4-6,13,15-16H,1-2,7-12H2,3H3/b14-6+. The Morgan fingerprint density at radius 1 is 1.29 bits per heavy atom.